The van der Waals surface area contributed by atoms with Crippen LogP contribution in [0.15, 0.2) is 10.6 Å². The summed E-state index contributed by atoms with van der Waals surface area (Å²) in [4.78, 5) is 0. The Morgan fingerprint density at radius 1 is 1.44 bits per heavy atom. The fourth-order valence-electron chi connectivity index (χ4n) is 3.10. The average molecular weight is 250 g/mol. The van der Waals surface area contributed by atoms with Gasteiger partial charge in [-0.05, 0) is 38.0 Å². The van der Waals surface area contributed by atoms with Gasteiger partial charge in [0.2, 0.25) is 0 Å². The third-order valence-electron chi connectivity index (χ3n) is 3.83. The Kier molecular flexibility index (Phi) is 4.81. The molecule has 0 aromatic carbocycles. The van der Waals surface area contributed by atoms with Gasteiger partial charge in [-0.2, -0.15) is 0 Å². The molecule has 0 amide bonds. The van der Waals surface area contributed by atoms with E-state index in [0.717, 1.165) is 29.8 Å². The Hall–Kier alpha value is -0.830. The number of rotatable bonds is 5. The van der Waals surface area contributed by atoms with Crippen molar-refractivity contribution in [1.82, 2.24) is 10.5 Å². The van der Waals surface area contributed by atoms with Gasteiger partial charge in [-0.15, -0.1) is 0 Å². The van der Waals surface area contributed by atoms with Crippen LogP contribution in [0.2, 0.25) is 0 Å². The molecule has 18 heavy (non-hydrogen) atoms. The van der Waals surface area contributed by atoms with Crippen molar-refractivity contribution in [2.75, 3.05) is 0 Å². The van der Waals surface area contributed by atoms with E-state index < -0.39 is 0 Å². The van der Waals surface area contributed by atoms with E-state index in [1.54, 1.807) is 0 Å². The molecular formula is C15H26N2O. The Labute approximate surface area is 110 Å². The van der Waals surface area contributed by atoms with E-state index in [4.69, 9.17) is 4.52 Å². The largest absolute Gasteiger partial charge is 0.360 e. The van der Waals surface area contributed by atoms with Gasteiger partial charge in [-0.3, -0.25) is 0 Å². The predicted molar refractivity (Wildman–Crippen MR) is 73.3 cm³/mol. The molecular weight excluding hydrogens is 224 g/mol. The highest BCUT2D eigenvalue weighted by atomic mass is 16.5. The first-order valence-electron chi connectivity index (χ1n) is 7.29. The minimum atomic E-state index is 0.660. The van der Waals surface area contributed by atoms with Crippen LogP contribution in [0.1, 0.15) is 57.4 Å². The van der Waals surface area contributed by atoms with Crippen LogP contribution in [-0.4, -0.2) is 11.2 Å². The Balaban J connectivity index is 1.75. The molecule has 1 saturated carbocycles. The first kappa shape index (κ1) is 13.6. The summed E-state index contributed by atoms with van der Waals surface area (Å²) in [5.41, 5.74) is 0.966. The van der Waals surface area contributed by atoms with E-state index >= 15 is 0 Å². The lowest BCUT2D eigenvalue weighted by Crippen LogP contribution is -2.34. The SMILES string of the molecule is Cc1cc(CNC2CCCC(CC(C)C)C2)on1. The van der Waals surface area contributed by atoms with Crippen LogP contribution in [0.4, 0.5) is 0 Å². The van der Waals surface area contributed by atoms with Gasteiger partial charge in [0.05, 0.1) is 12.2 Å². The van der Waals surface area contributed by atoms with Crippen molar-refractivity contribution >= 4 is 0 Å². The molecule has 2 unspecified atom stereocenters. The van der Waals surface area contributed by atoms with Crippen LogP contribution < -0.4 is 5.32 Å². The number of aromatic nitrogens is 1. The zero-order valence-electron chi connectivity index (χ0n) is 11.9. The molecule has 1 aromatic heterocycles. The van der Waals surface area contributed by atoms with Gasteiger partial charge in [0.15, 0.2) is 5.76 Å². The van der Waals surface area contributed by atoms with E-state index in [9.17, 15) is 0 Å². The van der Waals surface area contributed by atoms with Gasteiger partial charge in [-0.25, -0.2) is 0 Å². The number of hydrogen-bond donors (Lipinski definition) is 1. The summed E-state index contributed by atoms with van der Waals surface area (Å²) in [7, 11) is 0. The molecule has 1 heterocycles. The number of nitrogens with zero attached hydrogens (tertiary/aromatic N) is 1. The second kappa shape index (κ2) is 6.37. The Morgan fingerprint density at radius 2 is 2.28 bits per heavy atom. The molecule has 1 aliphatic carbocycles. The lowest BCUT2D eigenvalue weighted by atomic mass is 9.81. The lowest BCUT2D eigenvalue weighted by molar-refractivity contribution is 0.246. The molecule has 0 spiro atoms. The summed E-state index contributed by atoms with van der Waals surface area (Å²) in [5, 5.41) is 7.54. The van der Waals surface area contributed by atoms with Gasteiger partial charge in [0, 0.05) is 12.1 Å². The van der Waals surface area contributed by atoms with E-state index in [-0.39, 0.29) is 0 Å². The quantitative estimate of drug-likeness (QED) is 0.866. The first-order chi connectivity index (χ1) is 8.63. The van der Waals surface area contributed by atoms with Crippen molar-refractivity contribution < 1.29 is 4.52 Å². The maximum absolute atomic E-state index is 5.23. The van der Waals surface area contributed by atoms with Crippen molar-refractivity contribution in [2.24, 2.45) is 11.8 Å². The molecule has 102 valence electrons. The van der Waals surface area contributed by atoms with Gasteiger partial charge < -0.3 is 9.84 Å². The molecule has 0 radical (unpaired) electrons. The van der Waals surface area contributed by atoms with Crippen LogP contribution in [0.5, 0.6) is 0 Å². The minimum absolute atomic E-state index is 0.660. The standard InChI is InChI=1S/C15H26N2O/c1-11(2)7-13-5-4-6-14(9-13)16-10-15-8-12(3)17-18-15/h8,11,13-14,16H,4-7,9-10H2,1-3H3. The number of aryl methyl sites for hydroxylation is 1. The van der Waals surface area contributed by atoms with Gasteiger partial charge in [0.1, 0.15) is 0 Å². The smallest absolute Gasteiger partial charge is 0.150 e. The van der Waals surface area contributed by atoms with Crippen molar-refractivity contribution in [1.29, 1.82) is 0 Å². The highest BCUT2D eigenvalue weighted by Gasteiger charge is 2.22. The summed E-state index contributed by atoms with van der Waals surface area (Å²) in [5.74, 6) is 2.69. The van der Waals surface area contributed by atoms with E-state index in [1.807, 2.05) is 13.0 Å². The van der Waals surface area contributed by atoms with Crippen LogP contribution in [0.25, 0.3) is 0 Å². The molecule has 1 fully saturated rings. The Morgan fingerprint density at radius 3 is 2.94 bits per heavy atom. The third-order valence-corrected chi connectivity index (χ3v) is 3.83. The fraction of sp³-hybridized carbons (Fsp3) is 0.800. The number of nitrogens with one attached hydrogen (secondary N) is 1. The second-order valence-electron chi connectivity index (χ2n) is 6.17. The van der Waals surface area contributed by atoms with E-state index in [1.165, 1.54) is 32.1 Å². The molecule has 1 N–H and O–H groups in total. The topological polar surface area (TPSA) is 38.1 Å². The predicted octanol–water partition coefficient (Wildman–Crippen LogP) is 3.68. The summed E-state index contributed by atoms with van der Waals surface area (Å²) in [6.07, 6.45) is 6.79. The number of hydrogen-bond acceptors (Lipinski definition) is 3. The summed E-state index contributed by atoms with van der Waals surface area (Å²) in [6.45, 7) is 7.44. The highest BCUT2D eigenvalue weighted by Crippen LogP contribution is 2.29. The van der Waals surface area contributed by atoms with Gasteiger partial charge >= 0.3 is 0 Å². The molecule has 0 aliphatic heterocycles. The molecule has 0 saturated heterocycles. The second-order valence-corrected chi connectivity index (χ2v) is 6.17. The maximum atomic E-state index is 5.23. The zero-order valence-corrected chi connectivity index (χ0v) is 11.9. The first-order valence-corrected chi connectivity index (χ1v) is 7.29. The monoisotopic (exact) mass is 250 g/mol. The molecule has 1 aromatic rings. The highest BCUT2D eigenvalue weighted by molar-refractivity contribution is 5.02. The molecule has 1 aliphatic rings. The normalized spacial score (nSPS) is 24.7. The molecule has 3 nitrogen and oxygen atoms in total. The molecule has 0 bridgehead atoms. The van der Waals surface area contributed by atoms with E-state index in [0.29, 0.717) is 6.04 Å². The fourth-order valence-corrected chi connectivity index (χ4v) is 3.10. The summed E-state index contributed by atoms with van der Waals surface area (Å²) in [6, 6.07) is 2.68. The van der Waals surface area contributed by atoms with Gasteiger partial charge in [0.25, 0.3) is 0 Å². The Bertz CT molecular complexity index is 359. The molecule has 2 atom stereocenters. The van der Waals surface area contributed by atoms with Crippen LogP contribution in [-0.2, 0) is 6.54 Å². The van der Waals surface area contributed by atoms with Crippen LogP contribution >= 0.6 is 0 Å². The van der Waals surface area contributed by atoms with Crippen LogP contribution in [0.3, 0.4) is 0 Å². The van der Waals surface area contributed by atoms with Crippen molar-refractivity contribution in [2.45, 2.75) is 65.5 Å². The van der Waals surface area contributed by atoms with Crippen molar-refractivity contribution in [3.8, 4) is 0 Å². The zero-order chi connectivity index (χ0) is 13.0. The minimum Gasteiger partial charge on any atom is -0.360 e. The van der Waals surface area contributed by atoms with Crippen molar-refractivity contribution in [3.63, 3.8) is 0 Å². The third kappa shape index (κ3) is 4.13. The van der Waals surface area contributed by atoms with Gasteiger partial charge in [-0.1, -0.05) is 31.8 Å². The maximum Gasteiger partial charge on any atom is 0.150 e. The van der Waals surface area contributed by atoms with E-state index in [2.05, 4.69) is 24.3 Å². The lowest BCUT2D eigenvalue weighted by Gasteiger charge is -2.30. The molecule has 2 rings (SSSR count). The van der Waals surface area contributed by atoms with Crippen LogP contribution in [0, 0.1) is 18.8 Å². The summed E-state index contributed by atoms with van der Waals surface area (Å²) >= 11 is 0. The average Bonchev–Trinajstić information content (AvgIpc) is 2.72. The molecule has 3 heteroatoms. The van der Waals surface area contributed by atoms with Crippen molar-refractivity contribution in [3.05, 3.63) is 17.5 Å². The summed E-state index contributed by atoms with van der Waals surface area (Å²) < 4.78 is 5.23.